The molecule has 1 aromatic heterocycles. The van der Waals surface area contributed by atoms with Gasteiger partial charge in [-0.2, -0.15) is 16.9 Å². The van der Waals surface area contributed by atoms with Crippen molar-refractivity contribution in [1.29, 1.82) is 0 Å². The van der Waals surface area contributed by atoms with E-state index in [1.165, 1.54) is 23.7 Å². The first-order chi connectivity index (χ1) is 8.77. The van der Waals surface area contributed by atoms with Crippen LogP contribution >= 0.6 is 11.8 Å². The van der Waals surface area contributed by atoms with Crippen LogP contribution in [-0.2, 0) is 6.54 Å². The molecular weight excluding hydrogens is 244 g/mol. The molecule has 0 saturated carbocycles. The molecule has 0 amide bonds. The molecule has 1 aromatic rings. The largest absolute Gasteiger partial charge is 0.308 e. The standard InChI is InChI=1S/C13H24N4S/c1-4-14-13(11-6-7-15-17(11)5-2)12-10-18-9-8-16(12)3/h6-7,12-14H,4-5,8-10H2,1-3H3. The van der Waals surface area contributed by atoms with E-state index in [2.05, 4.69) is 58.7 Å². The number of aromatic nitrogens is 2. The second kappa shape index (κ2) is 6.59. The molecule has 102 valence electrons. The Morgan fingerprint density at radius 1 is 1.56 bits per heavy atom. The summed E-state index contributed by atoms with van der Waals surface area (Å²) in [6, 6.07) is 3.10. The van der Waals surface area contributed by atoms with E-state index in [4.69, 9.17) is 0 Å². The van der Waals surface area contributed by atoms with Gasteiger partial charge in [0, 0.05) is 36.8 Å². The quantitative estimate of drug-likeness (QED) is 0.879. The van der Waals surface area contributed by atoms with E-state index in [0.29, 0.717) is 12.1 Å². The number of nitrogens with zero attached hydrogens (tertiary/aromatic N) is 3. The van der Waals surface area contributed by atoms with Gasteiger partial charge in [-0.25, -0.2) is 0 Å². The van der Waals surface area contributed by atoms with Gasteiger partial charge >= 0.3 is 0 Å². The van der Waals surface area contributed by atoms with E-state index in [1.807, 2.05) is 6.20 Å². The number of nitrogens with one attached hydrogen (secondary N) is 1. The van der Waals surface area contributed by atoms with Crippen LogP contribution in [0.4, 0.5) is 0 Å². The van der Waals surface area contributed by atoms with E-state index in [9.17, 15) is 0 Å². The van der Waals surface area contributed by atoms with Gasteiger partial charge in [0.25, 0.3) is 0 Å². The second-order valence-electron chi connectivity index (χ2n) is 4.73. The molecule has 1 saturated heterocycles. The van der Waals surface area contributed by atoms with Crippen LogP contribution in [0.5, 0.6) is 0 Å². The van der Waals surface area contributed by atoms with Crippen molar-refractivity contribution in [2.24, 2.45) is 0 Å². The van der Waals surface area contributed by atoms with Crippen LogP contribution in [0.2, 0.25) is 0 Å². The van der Waals surface area contributed by atoms with E-state index in [1.54, 1.807) is 0 Å². The smallest absolute Gasteiger partial charge is 0.0657 e. The lowest BCUT2D eigenvalue weighted by Gasteiger charge is -2.38. The second-order valence-corrected chi connectivity index (χ2v) is 5.88. The summed E-state index contributed by atoms with van der Waals surface area (Å²) >= 11 is 2.06. The summed E-state index contributed by atoms with van der Waals surface area (Å²) in [5.74, 6) is 2.45. The first kappa shape index (κ1) is 13.9. The Labute approximate surface area is 114 Å². The molecule has 1 aliphatic rings. The van der Waals surface area contributed by atoms with E-state index in [0.717, 1.165) is 13.1 Å². The molecule has 5 heteroatoms. The van der Waals surface area contributed by atoms with Crippen molar-refractivity contribution in [3.63, 3.8) is 0 Å². The fraction of sp³-hybridized carbons (Fsp3) is 0.769. The van der Waals surface area contributed by atoms with Crippen LogP contribution < -0.4 is 5.32 Å². The number of hydrogen-bond acceptors (Lipinski definition) is 4. The summed E-state index contributed by atoms with van der Waals surface area (Å²) < 4.78 is 2.11. The predicted molar refractivity (Wildman–Crippen MR) is 78.1 cm³/mol. The van der Waals surface area contributed by atoms with Gasteiger partial charge in [0.2, 0.25) is 0 Å². The number of aryl methyl sites for hydroxylation is 1. The van der Waals surface area contributed by atoms with E-state index >= 15 is 0 Å². The maximum absolute atomic E-state index is 4.41. The fourth-order valence-corrected chi connectivity index (χ4v) is 3.86. The lowest BCUT2D eigenvalue weighted by atomic mass is 10.0. The summed E-state index contributed by atoms with van der Waals surface area (Å²) in [6.45, 7) is 7.44. The lowest BCUT2D eigenvalue weighted by Crippen LogP contribution is -2.48. The molecular formula is C13H24N4S. The molecule has 0 bridgehead atoms. The van der Waals surface area contributed by atoms with Crippen LogP contribution in [0.3, 0.4) is 0 Å². The summed E-state index contributed by atoms with van der Waals surface area (Å²) in [5, 5.41) is 8.05. The zero-order valence-electron chi connectivity index (χ0n) is 11.6. The maximum Gasteiger partial charge on any atom is 0.0657 e. The summed E-state index contributed by atoms with van der Waals surface area (Å²) in [4.78, 5) is 2.48. The third kappa shape index (κ3) is 2.90. The normalized spacial score (nSPS) is 23.2. The first-order valence-electron chi connectivity index (χ1n) is 6.81. The van der Waals surface area contributed by atoms with Gasteiger partial charge in [0.05, 0.1) is 11.7 Å². The van der Waals surface area contributed by atoms with Gasteiger partial charge in [-0.05, 0) is 26.6 Å². The zero-order chi connectivity index (χ0) is 13.0. The van der Waals surface area contributed by atoms with Gasteiger partial charge in [0.15, 0.2) is 0 Å². The van der Waals surface area contributed by atoms with E-state index in [-0.39, 0.29) is 0 Å². The Kier molecular flexibility index (Phi) is 5.09. The van der Waals surface area contributed by atoms with Gasteiger partial charge in [-0.1, -0.05) is 6.92 Å². The summed E-state index contributed by atoms with van der Waals surface area (Å²) in [5.41, 5.74) is 1.32. The monoisotopic (exact) mass is 268 g/mol. The van der Waals surface area contributed by atoms with Crippen molar-refractivity contribution in [3.8, 4) is 0 Å². The zero-order valence-corrected chi connectivity index (χ0v) is 12.4. The van der Waals surface area contributed by atoms with E-state index < -0.39 is 0 Å². The third-order valence-corrected chi connectivity index (χ3v) is 4.67. The average Bonchev–Trinajstić information content (AvgIpc) is 2.85. The van der Waals surface area contributed by atoms with Crippen LogP contribution in [0.15, 0.2) is 12.3 Å². The number of likely N-dealkylation sites (N-methyl/N-ethyl adjacent to an activating group) is 2. The molecule has 2 heterocycles. The first-order valence-corrected chi connectivity index (χ1v) is 7.96. The number of hydrogen-bond donors (Lipinski definition) is 1. The van der Waals surface area contributed by atoms with Gasteiger partial charge in [-0.15, -0.1) is 0 Å². The third-order valence-electron chi connectivity index (χ3n) is 3.62. The lowest BCUT2D eigenvalue weighted by molar-refractivity contribution is 0.211. The van der Waals surface area contributed by atoms with Crippen molar-refractivity contribution in [2.75, 3.05) is 31.6 Å². The topological polar surface area (TPSA) is 33.1 Å². The Bertz CT molecular complexity index is 366. The average molecular weight is 268 g/mol. The Hall–Kier alpha value is -0.520. The molecule has 0 aliphatic carbocycles. The van der Waals surface area contributed by atoms with Gasteiger partial charge in [-0.3, -0.25) is 9.58 Å². The number of thioether (sulfide) groups is 1. The number of rotatable bonds is 5. The molecule has 2 unspecified atom stereocenters. The Morgan fingerprint density at radius 2 is 2.39 bits per heavy atom. The molecule has 0 spiro atoms. The molecule has 1 aliphatic heterocycles. The minimum atomic E-state index is 0.384. The molecule has 2 rings (SSSR count). The SMILES string of the molecule is CCNC(c1ccnn1CC)C1CSCCN1C. The van der Waals surface area contributed by atoms with Gasteiger partial charge < -0.3 is 5.32 Å². The van der Waals surface area contributed by atoms with Crippen LogP contribution in [0, 0.1) is 0 Å². The van der Waals surface area contributed by atoms with Gasteiger partial charge in [0.1, 0.15) is 0 Å². The summed E-state index contributed by atoms with van der Waals surface area (Å²) in [6.07, 6.45) is 1.92. The minimum Gasteiger partial charge on any atom is -0.308 e. The van der Waals surface area contributed by atoms with Crippen molar-refractivity contribution < 1.29 is 0 Å². The molecule has 0 radical (unpaired) electrons. The minimum absolute atomic E-state index is 0.384. The molecule has 18 heavy (non-hydrogen) atoms. The van der Waals surface area contributed by atoms with Crippen molar-refractivity contribution >= 4 is 11.8 Å². The Morgan fingerprint density at radius 3 is 3.06 bits per heavy atom. The van der Waals surface area contributed by atoms with Crippen molar-refractivity contribution in [3.05, 3.63) is 18.0 Å². The van der Waals surface area contributed by atoms with Crippen LogP contribution in [0.25, 0.3) is 0 Å². The maximum atomic E-state index is 4.41. The molecule has 2 atom stereocenters. The van der Waals surface area contributed by atoms with Crippen molar-refractivity contribution in [1.82, 2.24) is 20.0 Å². The molecule has 4 nitrogen and oxygen atoms in total. The Balaban J connectivity index is 2.21. The fourth-order valence-electron chi connectivity index (χ4n) is 2.59. The van der Waals surface area contributed by atoms with Crippen LogP contribution in [-0.4, -0.2) is 52.4 Å². The highest BCUT2D eigenvalue weighted by Crippen LogP contribution is 2.26. The van der Waals surface area contributed by atoms with Crippen molar-refractivity contribution in [2.45, 2.75) is 32.5 Å². The molecule has 0 aromatic carbocycles. The summed E-state index contributed by atoms with van der Waals surface area (Å²) in [7, 11) is 2.24. The predicted octanol–water partition coefficient (Wildman–Crippen LogP) is 1.60. The highest BCUT2D eigenvalue weighted by atomic mass is 32.2. The highest BCUT2D eigenvalue weighted by molar-refractivity contribution is 7.99. The highest BCUT2D eigenvalue weighted by Gasteiger charge is 2.30. The van der Waals surface area contributed by atoms with Crippen LogP contribution in [0.1, 0.15) is 25.6 Å². The molecule has 1 N–H and O–H groups in total. The molecule has 1 fully saturated rings.